The summed E-state index contributed by atoms with van der Waals surface area (Å²) in [6, 6.07) is 14.8. The number of phenols is 1. The molecule has 0 saturated carbocycles. The molecular formula is C17H18N4O2. The first-order valence-corrected chi connectivity index (χ1v) is 7.23. The molecule has 1 atom stereocenters. The quantitative estimate of drug-likeness (QED) is 0.599. The fraction of sp³-hybridized carbons (Fsp3) is 0.176. The van der Waals surface area contributed by atoms with Gasteiger partial charge in [-0.15, -0.1) is 0 Å². The second kappa shape index (κ2) is 6.00. The van der Waals surface area contributed by atoms with E-state index in [1.165, 1.54) is 12.1 Å². The third-order valence-electron chi connectivity index (χ3n) is 3.85. The Hall–Kier alpha value is -3.02. The van der Waals surface area contributed by atoms with Crippen LogP contribution in [0.2, 0.25) is 0 Å². The maximum atomic E-state index is 9.72. The molecule has 118 valence electrons. The molecular weight excluding hydrogens is 292 g/mol. The summed E-state index contributed by atoms with van der Waals surface area (Å²) in [6.45, 7) is 0. The second-order valence-corrected chi connectivity index (χ2v) is 5.29. The zero-order valence-electron chi connectivity index (χ0n) is 12.7. The fourth-order valence-corrected chi connectivity index (χ4v) is 2.70. The van der Waals surface area contributed by atoms with Gasteiger partial charge in [0.15, 0.2) is 11.5 Å². The summed E-state index contributed by atoms with van der Waals surface area (Å²) in [5.74, 6) is 0.375. The Labute approximate surface area is 134 Å². The Balaban J connectivity index is 1.95. The van der Waals surface area contributed by atoms with Crippen LogP contribution in [0.3, 0.4) is 0 Å². The van der Waals surface area contributed by atoms with Gasteiger partial charge in [0.2, 0.25) is 5.96 Å². The number of nitrogens with two attached hydrogens (primary N) is 1. The molecule has 1 heterocycles. The SMILES string of the molecule is COc1cc(C2=NN(C(=N)N)C(c3ccccc3)C2)ccc1O. The number of hydrazone groups is 1. The topological polar surface area (TPSA) is 94.9 Å². The number of methoxy groups -OCH3 is 1. The molecule has 0 amide bonds. The minimum Gasteiger partial charge on any atom is -0.504 e. The summed E-state index contributed by atoms with van der Waals surface area (Å²) < 4.78 is 5.15. The zero-order chi connectivity index (χ0) is 16.4. The number of ether oxygens (including phenoxy) is 1. The first kappa shape index (κ1) is 14.9. The summed E-state index contributed by atoms with van der Waals surface area (Å²) in [6.07, 6.45) is 0.623. The van der Waals surface area contributed by atoms with Crippen LogP contribution in [0.5, 0.6) is 11.5 Å². The molecule has 6 nitrogen and oxygen atoms in total. The fourth-order valence-electron chi connectivity index (χ4n) is 2.70. The summed E-state index contributed by atoms with van der Waals surface area (Å²) in [5.41, 5.74) is 8.37. The molecule has 6 heteroatoms. The predicted molar refractivity (Wildman–Crippen MR) is 88.7 cm³/mol. The molecule has 0 bridgehead atoms. The molecule has 0 spiro atoms. The largest absolute Gasteiger partial charge is 0.504 e. The van der Waals surface area contributed by atoms with E-state index in [1.54, 1.807) is 18.2 Å². The van der Waals surface area contributed by atoms with Gasteiger partial charge in [0.05, 0.1) is 18.9 Å². The average molecular weight is 310 g/mol. The van der Waals surface area contributed by atoms with Crippen molar-refractivity contribution in [2.24, 2.45) is 10.8 Å². The van der Waals surface area contributed by atoms with E-state index < -0.39 is 0 Å². The molecule has 0 saturated heterocycles. The highest BCUT2D eigenvalue weighted by molar-refractivity contribution is 6.03. The number of nitrogens with one attached hydrogen (secondary N) is 1. The zero-order valence-corrected chi connectivity index (χ0v) is 12.7. The summed E-state index contributed by atoms with van der Waals surface area (Å²) in [7, 11) is 1.50. The number of guanidine groups is 1. The Bertz CT molecular complexity index is 758. The van der Waals surface area contributed by atoms with Crippen molar-refractivity contribution in [1.82, 2.24) is 5.01 Å². The van der Waals surface area contributed by atoms with E-state index in [-0.39, 0.29) is 17.8 Å². The number of benzene rings is 2. The van der Waals surface area contributed by atoms with Crippen LogP contribution in [0, 0.1) is 5.41 Å². The van der Waals surface area contributed by atoms with Crippen LogP contribution in [-0.2, 0) is 0 Å². The number of nitrogens with zero attached hydrogens (tertiary/aromatic N) is 2. The first-order valence-electron chi connectivity index (χ1n) is 7.23. The third kappa shape index (κ3) is 2.83. The number of hydrogen-bond donors (Lipinski definition) is 3. The van der Waals surface area contributed by atoms with E-state index in [1.807, 2.05) is 30.3 Å². The van der Waals surface area contributed by atoms with Gasteiger partial charge in [-0.2, -0.15) is 5.10 Å². The van der Waals surface area contributed by atoms with Crippen molar-refractivity contribution in [3.63, 3.8) is 0 Å². The van der Waals surface area contributed by atoms with Crippen molar-refractivity contribution in [3.8, 4) is 11.5 Å². The molecule has 1 aliphatic heterocycles. The molecule has 0 fully saturated rings. The highest BCUT2D eigenvalue weighted by Gasteiger charge is 2.30. The van der Waals surface area contributed by atoms with Gasteiger partial charge in [-0.25, -0.2) is 5.01 Å². The van der Waals surface area contributed by atoms with Crippen LogP contribution < -0.4 is 10.5 Å². The van der Waals surface area contributed by atoms with Crippen LogP contribution in [0.1, 0.15) is 23.6 Å². The number of phenolic OH excluding ortho intramolecular Hbond substituents is 1. The van der Waals surface area contributed by atoms with Crippen molar-refractivity contribution < 1.29 is 9.84 Å². The summed E-state index contributed by atoms with van der Waals surface area (Å²) in [5, 5.41) is 23.5. The highest BCUT2D eigenvalue weighted by atomic mass is 16.5. The lowest BCUT2D eigenvalue weighted by Gasteiger charge is -2.21. The maximum Gasteiger partial charge on any atom is 0.209 e. The third-order valence-corrected chi connectivity index (χ3v) is 3.85. The lowest BCUT2D eigenvalue weighted by atomic mass is 9.98. The van der Waals surface area contributed by atoms with E-state index >= 15 is 0 Å². The van der Waals surface area contributed by atoms with Crippen LogP contribution in [0.4, 0.5) is 0 Å². The summed E-state index contributed by atoms with van der Waals surface area (Å²) in [4.78, 5) is 0. The molecule has 4 N–H and O–H groups in total. The molecule has 23 heavy (non-hydrogen) atoms. The standard InChI is InChI=1S/C17H18N4O2/c1-23-16-9-12(7-8-15(16)22)13-10-14(21(20-13)17(18)19)11-5-3-2-4-6-11/h2-9,14,22H,10H2,1H3,(H3,18,19). The van der Waals surface area contributed by atoms with Gasteiger partial charge in [-0.3, -0.25) is 5.41 Å². The Morgan fingerprint density at radius 1 is 1.30 bits per heavy atom. The normalized spacial score (nSPS) is 17.0. The van der Waals surface area contributed by atoms with Gasteiger partial charge in [-0.05, 0) is 23.8 Å². The summed E-state index contributed by atoms with van der Waals surface area (Å²) >= 11 is 0. The van der Waals surface area contributed by atoms with Gasteiger partial charge < -0.3 is 15.6 Å². The van der Waals surface area contributed by atoms with Crippen LogP contribution in [0.15, 0.2) is 53.6 Å². The average Bonchev–Trinajstić information content (AvgIpc) is 3.02. The number of hydrogen-bond acceptors (Lipinski definition) is 4. The molecule has 0 aliphatic carbocycles. The minimum atomic E-state index is -0.108. The second-order valence-electron chi connectivity index (χ2n) is 5.29. The molecule has 0 radical (unpaired) electrons. The maximum absolute atomic E-state index is 9.72. The van der Waals surface area contributed by atoms with Gasteiger partial charge in [0.25, 0.3) is 0 Å². The van der Waals surface area contributed by atoms with Crippen LogP contribution >= 0.6 is 0 Å². The van der Waals surface area contributed by atoms with Crippen LogP contribution in [0.25, 0.3) is 0 Å². The number of aromatic hydroxyl groups is 1. The van der Waals surface area contributed by atoms with E-state index in [9.17, 15) is 5.11 Å². The van der Waals surface area contributed by atoms with Crippen LogP contribution in [-0.4, -0.2) is 28.9 Å². The van der Waals surface area contributed by atoms with Gasteiger partial charge >= 0.3 is 0 Å². The Kier molecular flexibility index (Phi) is 3.89. The predicted octanol–water partition coefficient (Wildman–Crippen LogP) is 2.45. The first-order chi connectivity index (χ1) is 11.1. The molecule has 2 aromatic rings. The number of rotatable bonds is 3. The smallest absolute Gasteiger partial charge is 0.209 e. The van der Waals surface area contributed by atoms with E-state index in [0.29, 0.717) is 12.2 Å². The highest BCUT2D eigenvalue weighted by Crippen LogP contribution is 2.34. The lowest BCUT2D eigenvalue weighted by Crippen LogP contribution is -2.32. The lowest BCUT2D eigenvalue weighted by molar-refractivity contribution is 0.363. The van der Waals surface area contributed by atoms with Gasteiger partial charge in [-0.1, -0.05) is 30.3 Å². The van der Waals surface area contributed by atoms with Gasteiger partial charge in [0.1, 0.15) is 0 Å². The molecule has 0 aromatic heterocycles. The minimum absolute atomic E-state index is 0.0814. The Morgan fingerprint density at radius 2 is 2.04 bits per heavy atom. The molecule has 2 aromatic carbocycles. The van der Waals surface area contributed by atoms with E-state index in [0.717, 1.165) is 16.8 Å². The van der Waals surface area contributed by atoms with Crippen molar-refractivity contribution >= 4 is 11.7 Å². The van der Waals surface area contributed by atoms with Crippen molar-refractivity contribution in [2.75, 3.05) is 7.11 Å². The van der Waals surface area contributed by atoms with E-state index in [2.05, 4.69) is 5.10 Å². The Morgan fingerprint density at radius 3 is 2.70 bits per heavy atom. The van der Waals surface area contributed by atoms with E-state index in [4.69, 9.17) is 15.9 Å². The molecule has 1 aliphatic rings. The molecule has 3 rings (SSSR count). The van der Waals surface area contributed by atoms with Gasteiger partial charge in [0, 0.05) is 12.0 Å². The van der Waals surface area contributed by atoms with Crippen molar-refractivity contribution in [2.45, 2.75) is 12.5 Å². The molecule has 1 unspecified atom stereocenters. The monoisotopic (exact) mass is 310 g/mol. The van der Waals surface area contributed by atoms with Crippen molar-refractivity contribution in [1.29, 1.82) is 5.41 Å². The van der Waals surface area contributed by atoms with Crippen molar-refractivity contribution in [3.05, 3.63) is 59.7 Å².